The Hall–Kier alpha value is -2.55. The molecule has 1 saturated heterocycles. The molecule has 25 heavy (non-hydrogen) atoms. The monoisotopic (exact) mass is 356 g/mol. The summed E-state index contributed by atoms with van der Waals surface area (Å²) in [4.78, 5) is 13.0. The zero-order chi connectivity index (χ0) is 18.2. The van der Waals surface area contributed by atoms with Crippen LogP contribution in [0.2, 0.25) is 5.02 Å². The van der Waals surface area contributed by atoms with E-state index < -0.39 is 11.6 Å². The number of carboxylic acids is 1. The summed E-state index contributed by atoms with van der Waals surface area (Å²) in [5.74, 6) is -0.994. The Kier molecular flexibility index (Phi) is 4.42. The number of aromatic carboxylic acids is 1. The predicted molar refractivity (Wildman–Crippen MR) is 94.9 cm³/mol. The van der Waals surface area contributed by atoms with Crippen molar-refractivity contribution in [1.82, 2.24) is 0 Å². The van der Waals surface area contributed by atoms with Crippen LogP contribution in [0.15, 0.2) is 42.5 Å². The first kappa shape index (κ1) is 17.3. The van der Waals surface area contributed by atoms with Gasteiger partial charge in [0.05, 0.1) is 22.2 Å². The van der Waals surface area contributed by atoms with Gasteiger partial charge in [0.1, 0.15) is 11.7 Å². The van der Waals surface area contributed by atoms with Crippen molar-refractivity contribution >= 4 is 23.3 Å². The van der Waals surface area contributed by atoms with Crippen molar-refractivity contribution in [1.29, 1.82) is 5.26 Å². The highest BCUT2D eigenvalue weighted by Crippen LogP contribution is 2.40. The Balaban J connectivity index is 1.90. The van der Waals surface area contributed by atoms with Crippen LogP contribution in [0.3, 0.4) is 0 Å². The van der Waals surface area contributed by atoms with Crippen molar-refractivity contribution in [3.63, 3.8) is 0 Å². The molecular formula is C19H17ClN2O3. The van der Waals surface area contributed by atoms with Crippen molar-refractivity contribution in [3.05, 3.63) is 64.2 Å². The van der Waals surface area contributed by atoms with Crippen LogP contribution in [-0.4, -0.2) is 28.8 Å². The van der Waals surface area contributed by atoms with Gasteiger partial charge < -0.3 is 15.1 Å². The van der Waals surface area contributed by atoms with Gasteiger partial charge in [-0.25, -0.2) is 4.79 Å². The predicted octanol–water partition coefficient (Wildman–Crippen LogP) is 3.40. The third-order valence-corrected chi connectivity index (χ3v) is 5.24. The summed E-state index contributed by atoms with van der Waals surface area (Å²) in [6, 6.07) is 13.4. The third kappa shape index (κ3) is 2.95. The van der Waals surface area contributed by atoms with E-state index in [9.17, 15) is 9.90 Å². The molecule has 2 atom stereocenters. The molecule has 2 aromatic rings. The number of carboxylic acid groups (broad SMARTS) is 1. The average molecular weight is 357 g/mol. The van der Waals surface area contributed by atoms with Crippen LogP contribution in [0, 0.1) is 11.3 Å². The summed E-state index contributed by atoms with van der Waals surface area (Å²) in [5.41, 5.74) is 1.05. The number of halogens is 1. The van der Waals surface area contributed by atoms with Gasteiger partial charge in [-0.2, -0.15) is 5.26 Å². The molecule has 5 nitrogen and oxygen atoms in total. The summed E-state index contributed by atoms with van der Waals surface area (Å²) in [5, 5.41) is 29.6. The Morgan fingerprint density at radius 3 is 2.56 bits per heavy atom. The minimum atomic E-state index is -1.09. The highest BCUT2D eigenvalue weighted by molar-refractivity contribution is 6.32. The zero-order valence-electron chi connectivity index (χ0n) is 13.6. The topological polar surface area (TPSA) is 84.6 Å². The normalized spacial score (nSPS) is 22.6. The van der Waals surface area contributed by atoms with Crippen molar-refractivity contribution in [2.45, 2.75) is 25.0 Å². The summed E-state index contributed by atoms with van der Waals surface area (Å²) >= 11 is 6.12. The maximum absolute atomic E-state index is 11.2. The molecule has 0 saturated carbocycles. The van der Waals surface area contributed by atoms with Crippen LogP contribution in [0.4, 0.5) is 5.69 Å². The summed E-state index contributed by atoms with van der Waals surface area (Å²) in [7, 11) is 0. The van der Waals surface area contributed by atoms with E-state index in [1.807, 2.05) is 24.0 Å². The van der Waals surface area contributed by atoms with Gasteiger partial charge in [-0.1, -0.05) is 23.7 Å². The number of benzene rings is 2. The largest absolute Gasteiger partial charge is 0.478 e. The fourth-order valence-corrected chi connectivity index (χ4v) is 3.58. The van der Waals surface area contributed by atoms with E-state index in [1.165, 1.54) is 12.1 Å². The first-order valence-corrected chi connectivity index (χ1v) is 8.27. The molecular weight excluding hydrogens is 340 g/mol. The molecule has 0 aromatic heterocycles. The van der Waals surface area contributed by atoms with Crippen LogP contribution >= 0.6 is 11.6 Å². The molecule has 128 valence electrons. The lowest BCUT2D eigenvalue weighted by atomic mass is 9.87. The third-order valence-electron chi connectivity index (χ3n) is 4.93. The van der Waals surface area contributed by atoms with E-state index in [2.05, 4.69) is 0 Å². The minimum absolute atomic E-state index is 0.189. The molecule has 2 N–H and O–H groups in total. The van der Waals surface area contributed by atoms with Crippen molar-refractivity contribution in [2.24, 2.45) is 0 Å². The van der Waals surface area contributed by atoms with E-state index in [0.717, 1.165) is 5.69 Å². The summed E-state index contributed by atoms with van der Waals surface area (Å²) in [6.07, 6.45) is 0.512. The Morgan fingerprint density at radius 2 is 2.00 bits per heavy atom. The number of hydrogen-bond donors (Lipinski definition) is 2. The van der Waals surface area contributed by atoms with Gasteiger partial charge in [-0.3, -0.25) is 0 Å². The number of hydrogen-bond acceptors (Lipinski definition) is 4. The van der Waals surface area contributed by atoms with Crippen LogP contribution in [-0.2, 0) is 5.60 Å². The minimum Gasteiger partial charge on any atom is -0.478 e. The molecule has 1 aliphatic rings. The fraction of sp³-hybridized carbons (Fsp3) is 0.263. The van der Waals surface area contributed by atoms with Crippen LogP contribution in [0.25, 0.3) is 0 Å². The van der Waals surface area contributed by atoms with Crippen molar-refractivity contribution < 1.29 is 15.0 Å². The molecule has 0 spiro atoms. The Labute approximate surface area is 150 Å². The molecule has 3 rings (SSSR count). The summed E-state index contributed by atoms with van der Waals surface area (Å²) in [6.45, 7) is 2.55. The molecule has 0 aliphatic carbocycles. The Morgan fingerprint density at radius 1 is 1.32 bits per heavy atom. The van der Waals surface area contributed by atoms with Gasteiger partial charge in [-0.15, -0.1) is 0 Å². The molecule has 1 heterocycles. The SMILES string of the molecule is C[C@@H]1N(c2ccc(C#N)c(Cl)c2)CC[C@@]1(O)c1ccc(C(=O)O)cc1. The van der Waals surface area contributed by atoms with Crippen LogP contribution in [0.5, 0.6) is 0 Å². The molecule has 0 unspecified atom stereocenters. The van der Waals surface area contributed by atoms with Crippen LogP contribution < -0.4 is 4.90 Å². The van der Waals surface area contributed by atoms with Crippen molar-refractivity contribution in [3.8, 4) is 6.07 Å². The maximum atomic E-state index is 11.2. The molecule has 2 aromatic carbocycles. The molecule has 1 fully saturated rings. The van der Waals surface area contributed by atoms with Crippen molar-refractivity contribution in [2.75, 3.05) is 11.4 Å². The van der Waals surface area contributed by atoms with Gasteiger partial charge in [0.15, 0.2) is 0 Å². The lowest BCUT2D eigenvalue weighted by molar-refractivity contribution is 0.0329. The smallest absolute Gasteiger partial charge is 0.335 e. The van der Waals surface area contributed by atoms with E-state index in [-0.39, 0.29) is 11.6 Å². The number of nitrogens with zero attached hydrogens (tertiary/aromatic N) is 2. The first-order chi connectivity index (χ1) is 11.9. The van der Waals surface area contributed by atoms with E-state index in [0.29, 0.717) is 29.1 Å². The maximum Gasteiger partial charge on any atom is 0.335 e. The summed E-state index contributed by atoms with van der Waals surface area (Å²) < 4.78 is 0. The van der Waals surface area contributed by atoms with Gasteiger partial charge >= 0.3 is 5.97 Å². The highest BCUT2D eigenvalue weighted by atomic mass is 35.5. The lowest BCUT2D eigenvalue weighted by Crippen LogP contribution is -2.40. The standard InChI is InChI=1S/C19H17ClN2O3/c1-12-19(25,15-5-2-13(3-6-15)18(23)24)8-9-22(12)16-7-4-14(11-21)17(20)10-16/h2-7,10,12,25H,8-9H2,1H3,(H,23,24)/t12-,19-/m0/s1. The second-order valence-corrected chi connectivity index (χ2v) is 6.61. The number of carbonyl (C=O) groups is 1. The van der Waals surface area contributed by atoms with Crippen LogP contribution in [0.1, 0.15) is 34.8 Å². The zero-order valence-corrected chi connectivity index (χ0v) is 14.4. The second-order valence-electron chi connectivity index (χ2n) is 6.20. The highest BCUT2D eigenvalue weighted by Gasteiger charge is 2.44. The first-order valence-electron chi connectivity index (χ1n) is 7.89. The average Bonchev–Trinajstić information content (AvgIpc) is 2.91. The quantitative estimate of drug-likeness (QED) is 0.880. The van der Waals surface area contributed by atoms with Gasteiger partial charge in [-0.05, 0) is 49.2 Å². The van der Waals surface area contributed by atoms with Gasteiger partial charge in [0.25, 0.3) is 0 Å². The number of rotatable bonds is 3. The van der Waals surface area contributed by atoms with E-state index >= 15 is 0 Å². The molecule has 1 aliphatic heterocycles. The lowest BCUT2D eigenvalue weighted by Gasteiger charge is -2.33. The Bertz CT molecular complexity index is 860. The molecule has 0 amide bonds. The number of nitriles is 1. The number of anilines is 1. The fourth-order valence-electron chi connectivity index (χ4n) is 3.36. The number of aliphatic hydroxyl groups is 1. The van der Waals surface area contributed by atoms with Gasteiger partial charge in [0, 0.05) is 12.2 Å². The molecule has 0 radical (unpaired) electrons. The molecule has 6 heteroatoms. The van der Waals surface area contributed by atoms with E-state index in [4.69, 9.17) is 22.0 Å². The van der Waals surface area contributed by atoms with Gasteiger partial charge in [0.2, 0.25) is 0 Å². The second kappa shape index (κ2) is 6.40. The van der Waals surface area contributed by atoms with E-state index in [1.54, 1.807) is 24.3 Å². The molecule has 0 bridgehead atoms.